The van der Waals surface area contributed by atoms with E-state index in [1.54, 1.807) is 19.2 Å². The zero-order valence-corrected chi connectivity index (χ0v) is 10.3. The second-order valence-corrected chi connectivity index (χ2v) is 4.05. The molecule has 5 heteroatoms. The van der Waals surface area contributed by atoms with E-state index >= 15 is 0 Å². The number of rotatable bonds is 4. The number of carbonyl (C=O) groups excluding carboxylic acids is 1. The molecule has 0 aliphatic heterocycles. The van der Waals surface area contributed by atoms with Gasteiger partial charge in [-0.25, -0.2) is 0 Å². The number of amides is 1. The molecule has 1 atom stereocenters. The number of nitrogens with two attached hydrogens (primary N) is 1. The number of hydrogen-bond donors (Lipinski definition) is 2. The lowest BCUT2D eigenvalue weighted by Crippen LogP contribution is -2.36. The second kappa shape index (κ2) is 5.54. The van der Waals surface area contributed by atoms with Crippen molar-refractivity contribution in [3.63, 3.8) is 0 Å². The number of nitrogens with zero attached hydrogens (tertiary/aromatic N) is 1. The van der Waals surface area contributed by atoms with Gasteiger partial charge in [0.15, 0.2) is 11.5 Å². The Balaban J connectivity index is 2.86. The van der Waals surface area contributed by atoms with Crippen LogP contribution in [0.15, 0.2) is 18.2 Å². The Morgan fingerprint density at radius 2 is 2.24 bits per heavy atom. The average Bonchev–Trinajstić information content (AvgIpc) is 2.27. The van der Waals surface area contributed by atoms with E-state index < -0.39 is 0 Å². The third-order valence-electron chi connectivity index (χ3n) is 2.33. The van der Waals surface area contributed by atoms with Crippen LogP contribution in [-0.4, -0.2) is 42.7 Å². The number of carbonyl (C=O) groups is 1. The van der Waals surface area contributed by atoms with Crippen LogP contribution in [-0.2, 0) is 0 Å². The molecule has 0 aliphatic carbocycles. The van der Waals surface area contributed by atoms with Gasteiger partial charge < -0.3 is 20.5 Å². The first-order chi connectivity index (χ1) is 7.95. The average molecular weight is 238 g/mol. The van der Waals surface area contributed by atoms with Gasteiger partial charge in [-0.2, -0.15) is 0 Å². The maximum absolute atomic E-state index is 12.0. The summed E-state index contributed by atoms with van der Waals surface area (Å²) in [4.78, 5) is 13.5. The van der Waals surface area contributed by atoms with Gasteiger partial charge in [0.25, 0.3) is 5.91 Å². The van der Waals surface area contributed by atoms with Crippen molar-refractivity contribution in [3.8, 4) is 11.5 Å². The zero-order valence-electron chi connectivity index (χ0n) is 10.3. The van der Waals surface area contributed by atoms with Gasteiger partial charge in [-0.1, -0.05) is 0 Å². The Morgan fingerprint density at radius 1 is 1.59 bits per heavy atom. The van der Waals surface area contributed by atoms with Gasteiger partial charge in [-0.3, -0.25) is 4.79 Å². The molecule has 3 N–H and O–H groups in total. The lowest BCUT2D eigenvalue weighted by Gasteiger charge is -2.19. The van der Waals surface area contributed by atoms with Gasteiger partial charge in [0.2, 0.25) is 0 Å². The predicted molar refractivity (Wildman–Crippen MR) is 65.3 cm³/mol. The van der Waals surface area contributed by atoms with Crippen molar-refractivity contribution in [1.82, 2.24) is 4.90 Å². The molecule has 1 rings (SSSR count). The Bertz CT molecular complexity index is 405. The highest BCUT2D eigenvalue weighted by molar-refractivity contribution is 5.94. The minimum Gasteiger partial charge on any atom is -0.504 e. The zero-order chi connectivity index (χ0) is 13.0. The molecule has 94 valence electrons. The summed E-state index contributed by atoms with van der Waals surface area (Å²) in [6, 6.07) is 4.47. The normalized spacial score (nSPS) is 12.0. The minimum atomic E-state index is -0.180. The Kier molecular flexibility index (Phi) is 4.34. The Hall–Kier alpha value is -1.75. The summed E-state index contributed by atoms with van der Waals surface area (Å²) in [5, 5.41) is 9.58. The van der Waals surface area contributed by atoms with Gasteiger partial charge in [-0.15, -0.1) is 0 Å². The van der Waals surface area contributed by atoms with Gasteiger partial charge >= 0.3 is 0 Å². The summed E-state index contributed by atoms with van der Waals surface area (Å²) in [6.07, 6.45) is 0. The SMILES string of the molecule is COc1ccc(C(=O)N(C)CC(C)N)cc1O. The number of likely N-dealkylation sites (N-methyl/N-ethyl adjacent to an activating group) is 1. The molecule has 0 spiro atoms. The number of ether oxygens (including phenoxy) is 1. The summed E-state index contributed by atoms with van der Waals surface area (Å²) in [5.74, 6) is 0.115. The maximum atomic E-state index is 12.0. The molecule has 1 aromatic rings. The molecular formula is C12H18N2O3. The second-order valence-electron chi connectivity index (χ2n) is 4.05. The smallest absolute Gasteiger partial charge is 0.253 e. The fraction of sp³-hybridized carbons (Fsp3) is 0.417. The molecule has 0 heterocycles. The maximum Gasteiger partial charge on any atom is 0.253 e. The van der Waals surface area contributed by atoms with E-state index in [1.807, 2.05) is 6.92 Å². The molecule has 0 aliphatic rings. The first-order valence-corrected chi connectivity index (χ1v) is 5.33. The van der Waals surface area contributed by atoms with Crippen LogP contribution in [0.2, 0.25) is 0 Å². The monoisotopic (exact) mass is 238 g/mol. The van der Waals surface area contributed by atoms with Crippen LogP contribution in [0.5, 0.6) is 11.5 Å². The topological polar surface area (TPSA) is 75.8 Å². The van der Waals surface area contributed by atoms with Crippen LogP contribution >= 0.6 is 0 Å². The van der Waals surface area contributed by atoms with E-state index in [0.717, 1.165) is 0 Å². The molecule has 0 saturated carbocycles. The van der Waals surface area contributed by atoms with Crippen molar-refractivity contribution < 1.29 is 14.6 Å². The van der Waals surface area contributed by atoms with Crippen molar-refractivity contribution in [2.24, 2.45) is 5.73 Å². The molecule has 1 amide bonds. The van der Waals surface area contributed by atoms with Crippen molar-refractivity contribution in [1.29, 1.82) is 0 Å². The van der Waals surface area contributed by atoms with Crippen LogP contribution in [0.1, 0.15) is 17.3 Å². The van der Waals surface area contributed by atoms with Gasteiger partial charge in [0.1, 0.15) is 0 Å². The first-order valence-electron chi connectivity index (χ1n) is 5.33. The summed E-state index contributed by atoms with van der Waals surface area (Å²) >= 11 is 0. The molecular weight excluding hydrogens is 220 g/mol. The number of phenols is 1. The van der Waals surface area contributed by atoms with E-state index in [2.05, 4.69) is 0 Å². The molecule has 0 fully saturated rings. The number of phenolic OH excluding ortho intramolecular Hbond substituents is 1. The fourth-order valence-corrected chi connectivity index (χ4v) is 1.56. The highest BCUT2D eigenvalue weighted by Crippen LogP contribution is 2.26. The Morgan fingerprint density at radius 3 is 2.71 bits per heavy atom. The fourth-order valence-electron chi connectivity index (χ4n) is 1.56. The van der Waals surface area contributed by atoms with Crippen LogP contribution in [0.4, 0.5) is 0 Å². The minimum absolute atomic E-state index is 0.0486. The summed E-state index contributed by atoms with van der Waals surface area (Å²) < 4.78 is 4.91. The predicted octanol–water partition coefficient (Wildman–Crippen LogP) is 0.820. The van der Waals surface area contributed by atoms with Crippen molar-refractivity contribution in [2.75, 3.05) is 20.7 Å². The van der Waals surface area contributed by atoms with Gasteiger partial charge in [0, 0.05) is 25.2 Å². The van der Waals surface area contributed by atoms with Crippen molar-refractivity contribution in [2.45, 2.75) is 13.0 Å². The van der Waals surface area contributed by atoms with E-state index in [-0.39, 0.29) is 17.7 Å². The molecule has 5 nitrogen and oxygen atoms in total. The van der Waals surface area contributed by atoms with Gasteiger partial charge in [-0.05, 0) is 25.1 Å². The largest absolute Gasteiger partial charge is 0.504 e. The standard InChI is InChI=1S/C12H18N2O3/c1-8(13)7-14(2)12(16)9-4-5-11(17-3)10(15)6-9/h4-6,8,15H,7,13H2,1-3H3. The third kappa shape index (κ3) is 3.35. The molecule has 17 heavy (non-hydrogen) atoms. The van der Waals surface area contributed by atoms with E-state index in [0.29, 0.717) is 17.9 Å². The molecule has 0 aromatic heterocycles. The van der Waals surface area contributed by atoms with Crippen LogP contribution < -0.4 is 10.5 Å². The van der Waals surface area contributed by atoms with E-state index in [9.17, 15) is 9.90 Å². The first kappa shape index (κ1) is 13.3. The van der Waals surface area contributed by atoms with Crippen LogP contribution in [0.3, 0.4) is 0 Å². The Labute approximate surface area is 101 Å². The molecule has 0 bridgehead atoms. The molecule has 0 radical (unpaired) electrons. The highest BCUT2D eigenvalue weighted by atomic mass is 16.5. The van der Waals surface area contributed by atoms with Crippen molar-refractivity contribution >= 4 is 5.91 Å². The number of methoxy groups -OCH3 is 1. The molecule has 1 aromatic carbocycles. The van der Waals surface area contributed by atoms with Crippen LogP contribution in [0.25, 0.3) is 0 Å². The summed E-state index contributed by atoms with van der Waals surface area (Å²) in [5.41, 5.74) is 6.03. The lowest BCUT2D eigenvalue weighted by atomic mass is 10.1. The van der Waals surface area contributed by atoms with Crippen LogP contribution in [0, 0.1) is 0 Å². The number of benzene rings is 1. The van der Waals surface area contributed by atoms with E-state index in [4.69, 9.17) is 10.5 Å². The van der Waals surface area contributed by atoms with Gasteiger partial charge in [0.05, 0.1) is 7.11 Å². The third-order valence-corrected chi connectivity index (χ3v) is 2.33. The van der Waals surface area contributed by atoms with Crippen molar-refractivity contribution in [3.05, 3.63) is 23.8 Å². The van der Waals surface area contributed by atoms with E-state index in [1.165, 1.54) is 18.1 Å². The number of hydrogen-bond acceptors (Lipinski definition) is 4. The lowest BCUT2D eigenvalue weighted by molar-refractivity contribution is 0.0788. The molecule has 1 unspecified atom stereocenters. The summed E-state index contributed by atoms with van der Waals surface area (Å²) in [6.45, 7) is 2.29. The molecule has 0 saturated heterocycles. The quantitative estimate of drug-likeness (QED) is 0.814. The summed E-state index contributed by atoms with van der Waals surface area (Å²) in [7, 11) is 3.13. The number of aromatic hydroxyl groups is 1. The highest BCUT2D eigenvalue weighted by Gasteiger charge is 2.14.